The first-order valence-electron chi connectivity index (χ1n) is 4.39. The van der Waals surface area contributed by atoms with E-state index < -0.39 is 0 Å². The van der Waals surface area contributed by atoms with E-state index in [2.05, 4.69) is 29.4 Å². The van der Waals surface area contributed by atoms with Gasteiger partial charge in [-0.1, -0.05) is 36.9 Å². The summed E-state index contributed by atoms with van der Waals surface area (Å²) >= 11 is 3.10. The monoisotopic (exact) mass is 231 g/mol. The first-order valence-corrected chi connectivity index (χ1v) is 6.09. The fourth-order valence-corrected chi connectivity index (χ4v) is 2.76. The summed E-state index contributed by atoms with van der Waals surface area (Å²) in [5.74, 6) is -0.110. The lowest BCUT2D eigenvalue weighted by Crippen LogP contribution is -2.04. The molecule has 78 valence electrons. The van der Waals surface area contributed by atoms with Crippen LogP contribution in [0.1, 0.15) is 27.2 Å². The highest BCUT2D eigenvalue weighted by atomic mass is 32.2. The molecule has 0 spiro atoms. The molecule has 0 aliphatic rings. The molecular weight excluding hydrogens is 218 g/mol. The molecule has 1 N–H and O–H groups in total. The van der Waals surface area contributed by atoms with E-state index in [0.29, 0.717) is 10.4 Å². The Bertz CT molecular complexity index is 313. The van der Waals surface area contributed by atoms with E-state index in [4.69, 9.17) is 0 Å². The first-order chi connectivity index (χ1) is 6.61. The SMILES string of the molecule is CCC(C)Sc1nnc(NC(C)=O)s1. The molecule has 1 rings (SSSR count). The van der Waals surface area contributed by atoms with E-state index in [0.717, 1.165) is 10.8 Å². The quantitative estimate of drug-likeness (QED) is 0.638. The highest BCUT2D eigenvalue weighted by Gasteiger charge is 2.08. The third kappa shape index (κ3) is 3.63. The molecule has 0 saturated carbocycles. The minimum absolute atomic E-state index is 0.110. The molecule has 1 aromatic rings. The van der Waals surface area contributed by atoms with E-state index in [9.17, 15) is 4.79 Å². The van der Waals surface area contributed by atoms with Gasteiger partial charge in [0.1, 0.15) is 0 Å². The second kappa shape index (κ2) is 5.31. The Morgan fingerprint density at radius 2 is 2.36 bits per heavy atom. The standard InChI is InChI=1S/C8H13N3OS2/c1-4-5(2)13-8-11-10-7(14-8)9-6(3)12/h5H,4H2,1-3H3,(H,9,10,12). The summed E-state index contributed by atoms with van der Waals surface area (Å²) in [6.45, 7) is 5.74. The van der Waals surface area contributed by atoms with Gasteiger partial charge in [-0.15, -0.1) is 10.2 Å². The van der Waals surface area contributed by atoms with Crippen LogP contribution in [0.5, 0.6) is 0 Å². The molecular formula is C8H13N3OS2. The van der Waals surface area contributed by atoms with Crippen LogP contribution in [0.4, 0.5) is 5.13 Å². The van der Waals surface area contributed by atoms with Crippen molar-refractivity contribution < 1.29 is 4.79 Å². The molecule has 0 aliphatic carbocycles. The Labute approximate surface area is 91.5 Å². The number of anilines is 1. The number of thioether (sulfide) groups is 1. The van der Waals surface area contributed by atoms with Crippen LogP contribution in [0.2, 0.25) is 0 Å². The van der Waals surface area contributed by atoms with E-state index in [1.54, 1.807) is 11.8 Å². The third-order valence-electron chi connectivity index (χ3n) is 1.57. The number of aromatic nitrogens is 2. The number of nitrogens with one attached hydrogen (secondary N) is 1. The van der Waals surface area contributed by atoms with Crippen LogP contribution in [0, 0.1) is 0 Å². The van der Waals surface area contributed by atoms with Gasteiger partial charge in [-0.2, -0.15) is 0 Å². The van der Waals surface area contributed by atoms with Gasteiger partial charge >= 0.3 is 0 Å². The largest absolute Gasteiger partial charge is 0.301 e. The lowest BCUT2D eigenvalue weighted by molar-refractivity contribution is -0.114. The maximum atomic E-state index is 10.7. The minimum atomic E-state index is -0.110. The van der Waals surface area contributed by atoms with Crippen LogP contribution >= 0.6 is 23.1 Å². The number of carbonyl (C=O) groups is 1. The van der Waals surface area contributed by atoms with Gasteiger partial charge in [0.05, 0.1) is 0 Å². The summed E-state index contributed by atoms with van der Waals surface area (Å²) in [6, 6.07) is 0. The molecule has 0 aromatic carbocycles. The average Bonchev–Trinajstić information content (AvgIpc) is 2.51. The summed E-state index contributed by atoms with van der Waals surface area (Å²) in [6.07, 6.45) is 1.10. The number of carbonyl (C=O) groups excluding carboxylic acids is 1. The van der Waals surface area contributed by atoms with Crippen LogP contribution in [0.15, 0.2) is 4.34 Å². The van der Waals surface area contributed by atoms with E-state index in [1.807, 2.05) is 0 Å². The third-order valence-corrected chi connectivity index (χ3v) is 3.76. The molecule has 1 unspecified atom stereocenters. The Morgan fingerprint density at radius 3 is 2.93 bits per heavy atom. The molecule has 1 amide bonds. The average molecular weight is 231 g/mol. The van der Waals surface area contributed by atoms with Crippen molar-refractivity contribution in [1.82, 2.24) is 10.2 Å². The second-order valence-corrected chi connectivity index (χ2v) is 5.55. The predicted molar refractivity (Wildman–Crippen MR) is 59.8 cm³/mol. The van der Waals surface area contributed by atoms with Gasteiger partial charge in [0.2, 0.25) is 11.0 Å². The molecule has 1 atom stereocenters. The van der Waals surface area contributed by atoms with Crippen molar-refractivity contribution in [3.8, 4) is 0 Å². The van der Waals surface area contributed by atoms with Crippen molar-refractivity contribution in [2.45, 2.75) is 36.8 Å². The maximum Gasteiger partial charge on any atom is 0.223 e. The number of hydrogen-bond donors (Lipinski definition) is 1. The van der Waals surface area contributed by atoms with Crippen molar-refractivity contribution in [2.24, 2.45) is 0 Å². The smallest absolute Gasteiger partial charge is 0.223 e. The Balaban J connectivity index is 2.54. The second-order valence-electron chi connectivity index (χ2n) is 2.89. The zero-order valence-electron chi connectivity index (χ0n) is 8.40. The molecule has 1 aromatic heterocycles. The molecule has 1 heterocycles. The fourth-order valence-electron chi connectivity index (χ4n) is 0.714. The van der Waals surface area contributed by atoms with Crippen LogP contribution in [0.25, 0.3) is 0 Å². The number of rotatable bonds is 4. The van der Waals surface area contributed by atoms with Gasteiger partial charge < -0.3 is 5.32 Å². The molecule has 14 heavy (non-hydrogen) atoms. The summed E-state index contributed by atoms with van der Waals surface area (Å²) in [5.41, 5.74) is 0. The maximum absolute atomic E-state index is 10.7. The van der Waals surface area contributed by atoms with Crippen molar-refractivity contribution in [2.75, 3.05) is 5.32 Å². The predicted octanol–water partition coefficient (Wildman–Crippen LogP) is 2.39. The van der Waals surface area contributed by atoms with Crippen LogP contribution in [0.3, 0.4) is 0 Å². The molecule has 0 bridgehead atoms. The summed E-state index contributed by atoms with van der Waals surface area (Å²) in [4.78, 5) is 10.7. The normalized spacial score (nSPS) is 12.5. The van der Waals surface area contributed by atoms with Crippen LogP contribution < -0.4 is 5.32 Å². The first kappa shape index (κ1) is 11.5. The lowest BCUT2D eigenvalue weighted by Gasteiger charge is -2.02. The Morgan fingerprint density at radius 1 is 1.64 bits per heavy atom. The molecule has 0 radical (unpaired) electrons. The zero-order chi connectivity index (χ0) is 10.6. The van der Waals surface area contributed by atoms with Gasteiger partial charge in [-0.05, 0) is 6.42 Å². The number of hydrogen-bond acceptors (Lipinski definition) is 5. The van der Waals surface area contributed by atoms with Crippen molar-refractivity contribution in [1.29, 1.82) is 0 Å². The molecule has 0 fully saturated rings. The highest BCUT2D eigenvalue weighted by Crippen LogP contribution is 2.29. The lowest BCUT2D eigenvalue weighted by atomic mass is 10.4. The molecule has 0 saturated heterocycles. The van der Waals surface area contributed by atoms with E-state index >= 15 is 0 Å². The Hall–Kier alpha value is -0.620. The fraction of sp³-hybridized carbons (Fsp3) is 0.625. The minimum Gasteiger partial charge on any atom is -0.301 e. The van der Waals surface area contributed by atoms with Gasteiger partial charge in [-0.3, -0.25) is 4.79 Å². The van der Waals surface area contributed by atoms with Gasteiger partial charge in [0.25, 0.3) is 0 Å². The number of nitrogens with zero attached hydrogens (tertiary/aromatic N) is 2. The van der Waals surface area contributed by atoms with Crippen LogP contribution in [-0.4, -0.2) is 21.4 Å². The van der Waals surface area contributed by atoms with Crippen molar-refractivity contribution >= 4 is 34.1 Å². The highest BCUT2D eigenvalue weighted by molar-refractivity contribution is 8.01. The van der Waals surface area contributed by atoms with Gasteiger partial charge in [-0.25, -0.2) is 0 Å². The van der Waals surface area contributed by atoms with E-state index in [1.165, 1.54) is 18.3 Å². The summed E-state index contributed by atoms with van der Waals surface area (Å²) in [7, 11) is 0. The van der Waals surface area contributed by atoms with Crippen molar-refractivity contribution in [3.05, 3.63) is 0 Å². The topological polar surface area (TPSA) is 54.9 Å². The van der Waals surface area contributed by atoms with Crippen molar-refractivity contribution in [3.63, 3.8) is 0 Å². The summed E-state index contributed by atoms with van der Waals surface area (Å²) in [5, 5.41) is 11.6. The van der Waals surface area contributed by atoms with Gasteiger partial charge in [0.15, 0.2) is 4.34 Å². The molecule has 0 aliphatic heterocycles. The molecule has 4 nitrogen and oxygen atoms in total. The van der Waals surface area contributed by atoms with Crippen LogP contribution in [-0.2, 0) is 4.79 Å². The zero-order valence-corrected chi connectivity index (χ0v) is 10.0. The Kier molecular flexibility index (Phi) is 4.34. The summed E-state index contributed by atoms with van der Waals surface area (Å²) < 4.78 is 0.906. The van der Waals surface area contributed by atoms with Gasteiger partial charge in [0, 0.05) is 12.2 Å². The van der Waals surface area contributed by atoms with E-state index in [-0.39, 0.29) is 5.91 Å². The number of amides is 1. The molecule has 6 heteroatoms.